The summed E-state index contributed by atoms with van der Waals surface area (Å²) >= 11 is 8.21. The van der Waals surface area contributed by atoms with Crippen LogP contribution in [0.1, 0.15) is 16.1 Å². The van der Waals surface area contributed by atoms with Crippen molar-refractivity contribution >= 4 is 55.1 Å². The first-order valence-electron chi connectivity index (χ1n) is 6.35. The number of alkyl halides is 3. The van der Waals surface area contributed by atoms with Crippen LogP contribution < -0.4 is 10.6 Å². The number of carboxylic acids is 1. The number of hydrogen-bond donors (Lipinski definition) is 3. The van der Waals surface area contributed by atoms with E-state index < -0.39 is 12.1 Å². The Balaban J connectivity index is 0.000000322. The lowest BCUT2D eigenvalue weighted by Gasteiger charge is -2.08. The highest BCUT2D eigenvalue weighted by Crippen LogP contribution is 2.32. The quantitative estimate of drug-likeness (QED) is 0.619. The Labute approximate surface area is 150 Å². The van der Waals surface area contributed by atoms with Gasteiger partial charge in [-0.25, -0.2) is 4.79 Å². The van der Waals surface area contributed by atoms with Crippen LogP contribution in [0, 0.1) is 5.92 Å². The lowest BCUT2D eigenvalue weighted by molar-refractivity contribution is -0.192. The van der Waals surface area contributed by atoms with Crippen molar-refractivity contribution in [2.45, 2.75) is 12.6 Å². The molecule has 1 aliphatic rings. The Morgan fingerprint density at radius 2 is 2.04 bits per heavy atom. The molecule has 23 heavy (non-hydrogen) atoms. The third-order valence-electron chi connectivity index (χ3n) is 2.83. The Morgan fingerprint density at radius 1 is 1.43 bits per heavy atom. The van der Waals surface area contributed by atoms with Crippen molar-refractivity contribution in [1.29, 1.82) is 0 Å². The maximum atomic E-state index is 11.8. The van der Waals surface area contributed by atoms with Crippen LogP contribution in [0.5, 0.6) is 0 Å². The second kappa shape index (κ2) is 9.00. The number of carbonyl (C=O) groups excluding carboxylic acids is 1. The Bertz CT molecular complexity index is 541. The third kappa shape index (κ3) is 7.19. The molecule has 0 radical (unpaired) electrons. The average molecular weight is 482 g/mol. The van der Waals surface area contributed by atoms with Gasteiger partial charge in [0, 0.05) is 11.0 Å². The predicted octanol–water partition coefficient (Wildman–Crippen LogP) is 3.25. The van der Waals surface area contributed by atoms with Crippen molar-refractivity contribution in [3.63, 3.8) is 0 Å². The first kappa shape index (κ1) is 20.4. The number of amides is 1. The summed E-state index contributed by atoms with van der Waals surface area (Å²) in [6.45, 7) is 2.84. The van der Waals surface area contributed by atoms with E-state index >= 15 is 0 Å². The number of carboxylic acid groups (broad SMARTS) is 1. The zero-order valence-corrected chi connectivity index (χ0v) is 15.5. The van der Waals surface area contributed by atoms with Crippen LogP contribution in [-0.4, -0.2) is 42.8 Å². The van der Waals surface area contributed by atoms with E-state index in [2.05, 4.69) is 42.5 Å². The maximum Gasteiger partial charge on any atom is 0.490 e. The standard InChI is InChI=1S/C10H12Br2N2OS.C2HF3O2/c11-7-3-8(16-9(7)12)10(15)14-5-6-1-2-13-4-6;3-2(4,5)1(6)7/h3,6,13H,1-2,4-5H2,(H,14,15);(H,6,7)/t6-;/m0./s1. The average Bonchev–Trinajstić information content (AvgIpc) is 3.06. The van der Waals surface area contributed by atoms with Crippen LogP contribution >= 0.6 is 43.2 Å². The van der Waals surface area contributed by atoms with E-state index in [1.807, 2.05) is 6.07 Å². The fraction of sp³-hybridized carbons (Fsp3) is 0.500. The summed E-state index contributed by atoms with van der Waals surface area (Å²) in [5, 5.41) is 13.4. The summed E-state index contributed by atoms with van der Waals surface area (Å²) in [7, 11) is 0. The fourth-order valence-electron chi connectivity index (χ4n) is 1.67. The molecule has 1 fully saturated rings. The van der Waals surface area contributed by atoms with Gasteiger partial charge >= 0.3 is 12.1 Å². The number of thiophene rings is 1. The zero-order valence-electron chi connectivity index (χ0n) is 11.5. The number of rotatable bonds is 3. The molecule has 1 saturated heterocycles. The summed E-state index contributed by atoms with van der Waals surface area (Å²) in [5.74, 6) is -2.16. The van der Waals surface area contributed by atoms with Crippen LogP contribution in [0.15, 0.2) is 14.3 Å². The van der Waals surface area contributed by atoms with Crippen molar-refractivity contribution in [3.8, 4) is 0 Å². The van der Waals surface area contributed by atoms with E-state index in [0.29, 0.717) is 5.92 Å². The number of carbonyl (C=O) groups is 2. The van der Waals surface area contributed by atoms with Crippen molar-refractivity contribution < 1.29 is 27.9 Å². The highest BCUT2D eigenvalue weighted by atomic mass is 79.9. The number of nitrogens with one attached hydrogen (secondary N) is 2. The van der Waals surface area contributed by atoms with Gasteiger partial charge in [-0.05, 0) is 63.4 Å². The summed E-state index contributed by atoms with van der Waals surface area (Å²) in [5.41, 5.74) is 0. The Kier molecular flexibility index (Phi) is 7.98. The molecule has 1 aromatic heterocycles. The number of aliphatic carboxylic acids is 1. The lowest BCUT2D eigenvalue weighted by Crippen LogP contribution is -2.29. The zero-order chi connectivity index (χ0) is 17.6. The SMILES string of the molecule is O=C(NC[C@H]1CCNC1)c1cc(Br)c(Br)s1.O=C(O)C(F)(F)F. The molecule has 1 aliphatic heterocycles. The molecular formula is C12H13Br2F3N2O3S. The molecular weight excluding hydrogens is 469 g/mol. The van der Waals surface area contributed by atoms with Gasteiger partial charge < -0.3 is 15.7 Å². The fourth-order valence-corrected chi connectivity index (χ4v) is 3.62. The van der Waals surface area contributed by atoms with Gasteiger partial charge in [0.1, 0.15) is 0 Å². The normalized spacial score (nSPS) is 17.3. The van der Waals surface area contributed by atoms with Gasteiger partial charge in [0.2, 0.25) is 0 Å². The minimum absolute atomic E-state index is 0.0169. The van der Waals surface area contributed by atoms with Crippen molar-refractivity contribution in [2.75, 3.05) is 19.6 Å². The van der Waals surface area contributed by atoms with Crippen LogP contribution in [0.4, 0.5) is 13.2 Å². The van der Waals surface area contributed by atoms with Gasteiger partial charge in [0.15, 0.2) is 0 Å². The number of halogens is 5. The van der Waals surface area contributed by atoms with Crippen LogP contribution in [-0.2, 0) is 4.79 Å². The summed E-state index contributed by atoms with van der Waals surface area (Å²) < 4.78 is 33.6. The van der Waals surface area contributed by atoms with E-state index in [4.69, 9.17) is 9.90 Å². The molecule has 3 N–H and O–H groups in total. The molecule has 2 rings (SSSR count). The first-order valence-corrected chi connectivity index (χ1v) is 8.75. The second-order valence-corrected chi connectivity index (χ2v) is 7.83. The molecule has 1 aromatic rings. The third-order valence-corrected chi connectivity index (χ3v) is 6.08. The largest absolute Gasteiger partial charge is 0.490 e. The molecule has 0 saturated carbocycles. The van der Waals surface area contributed by atoms with Crippen molar-refractivity contribution in [3.05, 3.63) is 19.2 Å². The molecule has 0 unspecified atom stereocenters. The van der Waals surface area contributed by atoms with Gasteiger partial charge in [-0.3, -0.25) is 4.79 Å². The van der Waals surface area contributed by atoms with Crippen LogP contribution in [0.3, 0.4) is 0 Å². The van der Waals surface area contributed by atoms with Gasteiger partial charge in [-0.2, -0.15) is 13.2 Å². The maximum absolute atomic E-state index is 11.8. The van der Waals surface area contributed by atoms with Crippen LogP contribution in [0.25, 0.3) is 0 Å². The van der Waals surface area contributed by atoms with Crippen molar-refractivity contribution in [1.82, 2.24) is 10.6 Å². The number of hydrogen-bond acceptors (Lipinski definition) is 4. The van der Waals surface area contributed by atoms with E-state index in [1.54, 1.807) is 0 Å². The minimum atomic E-state index is -5.08. The van der Waals surface area contributed by atoms with E-state index in [-0.39, 0.29) is 5.91 Å². The molecule has 2 heterocycles. The molecule has 0 aromatic carbocycles. The van der Waals surface area contributed by atoms with Gasteiger partial charge in [-0.1, -0.05) is 0 Å². The summed E-state index contributed by atoms with van der Waals surface area (Å²) in [6.07, 6.45) is -3.93. The first-order chi connectivity index (χ1) is 10.6. The monoisotopic (exact) mass is 480 g/mol. The van der Waals surface area contributed by atoms with E-state index in [0.717, 1.165) is 39.2 Å². The van der Waals surface area contributed by atoms with Gasteiger partial charge in [0.05, 0.1) is 8.66 Å². The molecule has 1 atom stereocenters. The highest BCUT2D eigenvalue weighted by Gasteiger charge is 2.38. The Morgan fingerprint density at radius 3 is 2.43 bits per heavy atom. The van der Waals surface area contributed by atoms with Gasteiger partial charge in [0.25, 0.3) is 5.91 Å². The summed E-state index contributed by atoms with van der Waals surface area (Å²) in [4.78, 5) is 21.4. The molecule has 0 spiro atoms. The highest BCUT2D eigenvalue weighted by molar-refractivity contribution is 9.13. The van der Waals surface area contributed by atoms with E-state index in [9.17, 15) is 18.0 Å². The van der Waals surface area contributed by atoms with Crippen molar-refractivity contribution in [2.24, 2.45) is 5.92 Å². The van der Waals surface area contributed by atoms with Gasteiger partial charge in [-0.15, -0.1) is 11.3 Å². The minimum Gasteiger partial charge on any atom is -0.475 e. The molecule has 1 amide bonds. The molecule has 11 heteroatoms. The smallest absolute Gasteiger partial charge is 0.475 e. The Hall–Kier alpha value is -0.650. The summed E-state index contributed by atoms with van der Waals surface area (Å²) in [6, 6.07) is 1.84. The van der Waals surface area contributed by atoms with Crippen LogP contribution in [0.2, 0.25) is 0 Å². The lowest BCUT2D eigenvalue weighted by atomic mass is 10.1. The topological polar surface area (TPSA) is 78.4 Å². The van der Waals surface area contributed by atoms with E-state index in [1.165, 1.54) is 11.3 Å². The molecule has 0 aliphatic carbocycles. The second-order valence-electron chi connectivity index (χ2n) is 4.60. The molecule has 5 nitrogen and oxygen atoms in total. The molecule has 130 valence electrons. The molecule has 0 bridgehead atoms. The predicted molar refractivity (Wildman–Crippen MR) is 86.7 cm³/mol.